The largest absolute Gasteiger partial charge is 0.391 e. The summed E-state index contributed by atoms with van der Waals surface area (Å²) in [7, 11) is 0. The molecule has 0 aliphatic carbocycles. The van der Waals surface area contributed by atoms with E-state index in [0.29, 0.717) is 5.76 Å². The zero-order valence-corrected chi connectivity index (χ0v) is 11.7. The van der Waals surface area contributed by atoms with Crippen molar-refractivity contribution in [2.45, 2.75) is 46.6 Å². The average Bonchev–Trinajstić information content (AvgIpc) is 2.73. The first kappa shape index (κ1) is 14.7. The molecule has 1 heterocycles. The van der Waals surface area contributed by atoms with Gasteiger partial charge in [0.15, 0.2) is 5.69 Å². The summed E-state index contributed by atoms with van der Waals surface area (Å²) in [4.78, 5) is 11.8. The number of carbonyl (C=O) groups is 1. The second kappa shape index (κ2) is 5.52. The maximum absolute atomic E-state index is 11.8. The molecule has 1 aromatic rings. The molecule has 0 spiro atoms. The third-order valence-electron chi connectivity index (χ3n) is 2.79. The van der Waals surface area contributed by atoms with Crippen LogP contribution < -0.4 is 5.32 Å². The molecule has 5 nitrogen and oxygen atoms in total. The van der Waals surface area contributed by atoms with Crippen LogP contribution in [0.3, 0.4) is 0 Å². The third-order valence-corrected chi connectivity index (χ3v) is 2.79. The van der Waals surface area contributed by atoms with Crippen LogP contribution in [0, 0.1) is 5.41 Å². The van der Waals surface area contributed by atoms with E-state index in [1.165, 1.54) is 0 Å². The summed E-state index contributed by atoms with van der Waals surface area (Å²) in [5.41, 5.74) is -0.0139. The van der Waals surface area contributed by atoms with E-state index in [-0.39, 0.29) is 29.5 Å². The van der Waals surface area contributed by atoms with Crippen molar-refractivity contribution in [3.05, 3.63) is 17.5 Å². The Morgan fingerprint density at radius 3 is 2.56 bits per heavy atom. The Morgan fingerprint density at radius 1 is 1.50 bits per heavy atom. The fourth-order valence-corrected chi connectivity index (χ4v) is 1.25. The van der Waals surface area contributed by atoms with E-state index in [2.05, 4.69) is 10.5 Å². The number of amides is 1. The second-order valence-corrected chi connectivity index (χ2v) is 5.86. The van der Waals surface area contributed by atoms with Crippen LogP contribution >= 0.6 is 0 Å². The summed E-state index contributed by atoms with van der Waals surface area (Å²) in [6.07, 6.45) is -0.599. The van der Waals surface area contributed by atoms with Crippen molar-refractivity contribution in [2.24, 2.45) is 5.41 Å². The van der Waals surface area contributed by atoms with Gasteiger partial charge < -0.3 is 14.9 Å². The van der Waals surface area contributed by atoms with Gasteiger partial charge in [0.05, 0.1) is 6.10 Å². The van der Waals surface area contributed by atoms with Gasteiger partial charge in [-0.2, -0.15) is 0 Å². The van der Waals surface area contributed by atoms with E-state index < -0.39 is 6.10 Å². The van der Waals surface area contributed by atoms with Crippen molar-refractivity contribution < 1.29 is 14.4 Å². The van der Waals surface area contributed by atoms with Gasteiger partial charge in [-0.15, -0.1) is 0 Å². The number of hydrogen-bond donors (Lipinski definition) is 2. The number of carbonyl (C=O) groups excluding carboxylic acids is 1. The predicted molar refractivity (Wildman–Crippen MR) is 68.4 cm³/mol. The van der Waals surface area contributed by atoms with Crippen LogP contribution in [0.2, 0.25) is 0 Å². The minimum Gasteiger partial charge on any atom is -0.391 e. The molecular weight excluding hydrogens is 232 g/mol. The molecular formula is C13H22N2O3. The second-order valence-electron chi connectivity index (χ2n) is 5.86. The summed E-state index contributed by atoms with van der Waals surface area (Å²) in [5, 5.41) is 16.2. The highest BCUT2D eigenvalue weighted by molar-refractivity contribution is 5.92. The molecule has 1 aromatic heterocycles. The Morgan fingerprint density at radius 2 is 2.11 bits per heavy atom. The monoisotopic (exact) mass is 254 g/mol. The Hall–Kier alpha value is -1.36. The van der Waals surface area contributed by atoms with Crippen LogP contribution in [0.4, 0.5) is 0 Å². The number of aliphatic hydroxyl groups excluding tert-OH is 1. The van der Waals surface area contributed by atoms with E-state index in [1.807, 2.05) is 34.6 Å². The van der Waals surface area contributed by atoms with Gasteiger partial charge in [0.2, 0.25) is 0 Å². The van der Waals surface area contributed by atoms with Crippen LogP contribution in [-0.4, -0.2) is 28.8 Å². The number of hydrogen-bond acceptors (Lipinski definition) is 4. The highest BCUT2D eigenvalue weighted by Crippen LogP contribution is 2.18. The van der Waals surface area contributed by atoms with E-state index in [4.69, 9.17) is 4.52 Å². The molecule has 0 saturated carbocycles. The standard InChI is InChI=1S/C13H22N2O3/c1-8(2)10-6-9(15-18-10)12(17)14-7-11(16)13(3,4)5/h6,8,11,16H,7H2,1-5H3,(H,14,17). The smallest absolute Gasteiger partial charge is 0.273 e. The summed E-state index contributed by atoms with van der Waals surface area (Å²) in [5.74, 6) is 0.546. The Bertz CT molecular complexity index is 405. The number of aromatic nitrogens is 1. The molecule has 5 heteroatoms. The molecule has 0 fully saturated rings. The summed E-state index contributed by atoms with van der Waals surface area (Å²) < 4.78 is 5.05. The molecule has 0 radical (unpaired) electrons. The predicted octanol–water partition coefficient (Wildman–Crippen LogP) is 1.93. The molecule has 1 amide bonds. The van der Waals surface area contributed by atoms with Gasteiger partial charge >= 0.3 is 0 Å². The van der Waals surface area contributed by atoms with Gasteiger partial charge in [-0.1, -0.05) is 39.8 Å². The minimum absolute atomic E-state index is 0.194. The van der Waals surface area contributed by atoms with Crippen molar-refractivity contribution in [1.82, 2.24) is 10.5 Å². The van der Waals surface area contributed by atoms with Gasteiger partial charge in [-0.05, 0) is 5.41 Å². The summed E-state index contributed by atoms with van der Waals surface area (Å²) in [6, 6.07) is 1.63. The van der Waals surface area contributed by atoms with Crippen LogP contribution in [0.15, 0.2) is 10.6 Å². The first-order valence-electron chi connectivity index (χ1n) is 6.14. The van der Waals surface area contributed by atoms with Crippen molar-refractivity contribution in [3.63, 3.8) is 0 Å². The fraction of sp³-hybridized carbons (Fsp3) is 0.692. The SMILES string of the molecule is CC(C)c1cc(C(=O)NCC(O)C(C)(C)C)no1. The molecule has 0 bridgehead atoms. The minimum atomic E-state index is -0.599. The lowest BCUT2D eigenvalue weighted by Gasteiger charge is -2.25. The number of nitrogens with zero attached hydrogens (tertiary/aromatic N) is 1. The molecule has 0 saturated heterocycles. The first-order chi connectivity index (χ1) is 8.21. The molecule has 0 aromatic carbocycles. The molecule has 2 N–H and O–H groups in total. The van der Waals surface area contributed by atoms with Gasteiger partial charge in [0.1, 0.15) is 5.76 Å². The highest BCUT2D eigenvalue weighted by Gasteiger charge is 2.23. The maximum atomic E-state index is 11.8. The number of aliphatic hydroxyl groups is 1. The zero-order chi connectivity index (χ0) is 13.9. The molecule has 102 valence electrons. The normalized spacial score (nSPS) is 13.7. The molecule has 1 rings (SSSR count). The van der Waals surface area contributed by atoms with Crippen molar-refractivity contribution in [1.29, 1.82) is 0 Å². The van der Waals surface area contributed by atoms with Gasteiger partial charge in [0, 0.05) is 18.5 Å². The fourth-order valence-electron chi connectivity index (χ4n) is 1.25. The van der Waals surface area contributed by atoms with Gasteiger partial charge in [0.25, 0.3) is 5.91 Å². The van der Waals surface area contributed by atoms with Gasteiger partial charge in [-0.3, -0.25) is 4.79 Å². The van der Waals surface area contributed by atoms with E-state index in [9.17, 15) is 9.90 Å². The van der Waals surface area contributed by atoms with Crippen LogP contribution in [0.5, 0.6) is 0 Å². The van der Waals surface area contributed by atoms with Crippen LogP contribution in [-0.2, 0) is 0 Å². The van der Waals surface area contributed by atoms with E-state index >= 15 is 0 Å². The van der Waals surface area contributed by atoms with E-state index in [0.717, 1.165) is 0 Å². The van der Waals surface area contributed by atoms with Gasteiger partial charge in [-0.25, -0.2) is 0 Å². The third kappa shape index (κ3) is 3.84. The first-order valence-corrected chi connectivity index (χ1v) is 6.14. The van der Waals surface area contributed by atoms with Crippen LogP contribution in [0.25, 0.3) is 0 Å². The summed E-state index contributed by atoms with van der Waals surface area (Å²) in [6.45, 7) is 9.87. The molecule has 1 atom stereocenters. The summed E-state index contributed by atoms with van der Waals surface area (Å²) >= 11 is 0. The van der Waals surface area contributed by atoms with E-state index in [1.54, 1.807) is 6.07 Å². The molecule has 0 aliphatic heterocycles. The lowest BCUT2D eigenvalue weighted by Crippen LogP contribution is -2.39. The average molecular weight is 254 g/mol. The molecule has 1 unspecified atom stereocenters. The number of rotatable bonds is 4. The maximum Gasteiger partial charge on any atom is 0.273 e. The highest BCUT2D eigenvalue weighted by atomic mass is 16.5. The topological polar surface area (TPSA) is 75.4 Å². The Balaban J connectivity index is 2.55. The number of nitrogens with one attached hydrogen (secondary N) is 1. The molecule has 18 heavy (non-hydrogen) atoms. The Kier molecular flexibility index (Phi) is 4.51. The Labute approximate surface area is 108 Å². The van der Waals surface area contributed by atoms with Crippen LogP contribution in [0.1, 0.15) is 56.8 Å². The lowest BCUT2D eigenvalue weighted by molar-refractivity contribution is 0.0584. The van der Waals surface area contributed by atoms with Crippen molar-refractivity contribution in [2.75, 3.05) is 6.54 Å². The van der Waals surface area contributed by atoms with Crippen molar-refractivity contribution >= 4 is 5.91 Å². The molecule has 0 aliphatic rings. The van der Waals surface area contributed by atoms with Crippen molar-refractivity contribution in [3.8, 4) is 0 Å². The zero-order valence-electron chi connectivity index (χ0n) is 11.7. The lowest BCUT2D eigenvalue weighted by atomic mass is 9.89. The quantitative estimate of drug-likeness (QED) is 0.861.